The van der Waals surface area contributed by atoms with Gasteiger partial charge in [-0.3, -0.25) is 4.79 Å². The summed E-state index contributed by atoms with van der Waals surface area (Å²) in [5.74, 6) is -3.98. The number of hydrogen-bond acceptors (Lipinski definition) is 5. The zero-order valence-electron chi connectivity index (χ0n) is 20.6. The molecule has 0 aliphatic carbocycles. The van der Waals surface area contributed by atoms with Crippen molar-refractivity contribution >= 4 is 5.91 Å². The first-order valence-electron chi connectivity index (χ1n) is 12.2. The highest BCUT2D eigenvalue weighted by molar-refractivity contribution is 5.73. The molecule has 6 nitrogen and oxygen atoms in total. The third kappa shape index (κ3) is 7.42. The number of nitrogens with one attached hydrogen (secondary N) is 1. The van der Waals surface area contributed by atoms with Gasteiger partial charge in [0.1, 0.15) is 12.1 Å². The molecule has 3 aromatic carbocycles. The topological polar surface area (TPSA) is 66.0 Å². The molecular formula is C29H31F2NO5. The van der Waals surface area contributed by atoms with Crippen LogP contribution in [0.3, 0.4) is 0 Å². The fraction of sp³-hybridized carbons (Fsp3) is 0.345. The Kier molecular flexibility index (Phi) is 9.35. The molecule has 1 fully saturated rings. The van der Waals surface area contributed by atoms with E-state index in [9.17, 15) is 4.79 Å². The fourth-order valence-electron chi connectivity index (χ4n) is 4.16. The SMILES string of the molecule is CC(=O)N[C@H]1[C@@H](OCc2ccccc2)O[C@H](COCc2ccccc2)C(F)(F)[C@@H]1OCc1ccccc1. The van der Waals surface area contributed by atoms with Crippen LogP contribution in [0.4, 0.5) is 8.78 Å². The molecule has 0 unspecified atom stereocenters. The van der Waals surface area contributed by atoms with Crippen molar-refractivity contribution in [3.63, 3.8) is 0 Å². The summed E-state index contributed by atoms with van der Waals surface area (Å²) >= 11 is 0. The molecule has 3 aromatic rings. The summed E-state index contributed by atoms with van der Waals surface area (Å²) in [5, 5.41) is 2.58. The van der Waals surface area contributed by atoms with Crippen LogP contribution < -0.4 is 5.32 Å². The van der Waals surface area contributed by atoms with Gasteiger partial charge >= 0.3 is 5.92 Å². The highest BCUT2D eigenvalue weighted by Crippen LogP contribution is 2.38. The smallest absolute Gasteiger partial charge is 0.303 e. The minimum atomic E-state index is -3.48. The van der Waals surface area contributed by atoms with Crippen molar-refractivity contribution in [1.82, 2.24) is 5.32 Å². The monoisotopic (exact) mass is 511 g/mol. The molecule has 0 radical (unpaired) electrons. The Labute approximate surface area is 215 Å². The number of rotatable bonds is 11. The number of halogens is 2. The molecule has 4 atom stereocenters. The van der Waals surface area contributed by atoms with Crippen molar-refractivity contribution in [2.75, 3.05) is 6.61 Å². The minimum absolute atomic E-state index is 0.0693. The van der Waals surface area contributed by atoms with Gasteiger partial charge in [-0.15, -0.1) is 0 Å². The van der Waals surface area contributed by atoms with Gasteiger partial charge in [0.15, 0.2) is 12.4 Å². The van der Waals surface area contributed by atoms with E-state index in [4.69, 9.17) is 18.9 Å². The van der Waals surface area contributed by atoms with Crippen molar-refractivity contribution in [2.24, 2.45) is 0 Å². The molecule has 37 heavy (non-hydrogen) atoms. The van der Waals surface area contributed by atoms with E-state index >= 15 is 8.78 Å². The molecule has 1 aliphatic rings. The number of hydrogen-bond donors (Lipinski definition) is 1. The molecule has 0 saturated carbocycles. The van der Waals surface area contributed by atoms with Crippen LogP contribution in [-0.2, 0) is 43.6 Å². The second-order valence-corrected chi connectivity index (χ2v) is 8.91. The normalized spacial score (nSPS) is 22.9. The fourth-order valence-corrected chi connectivity index (χ4v) is 4.16. The second-order valence-electron chi connectivity index (χ2n) is 8.91. The summed E-state index contributed by atoms with van der Waals surface area (Å²) in [7, 11) is 0. The maximum Gasteiger partial charge on any atom is 0.303 e. The first-order valence-corrected chi connectivity index (χ1v) is 12.2. The Balaban J connectivity index is 1.54. The molecule has 1 amide bonds. The zero-order valence-corrected chi connectivity index (χ0v) is 20.6. The first-order chi connectivity index (χ1) is 17.9. The number of carbonyl (C=O) groups is 1. The molecule has 1 heterocycles. The molecule has 1 N–H and O–H groups in total. The summed E-state index contributed by atoms with van der Waals surface area (Å²) in [5.41, 5.74) is 2.42. The number of benzene rings is 3. The van der Waals surface area contributed by atoms with Crippen LogP contribution in [0.25, 0.3) is 0 Å². The van der Waals surface area contributed by atoms with Gasteiger partial charge in [0, 0.05) is 6.92 Å². The van der Waals surface area contributed by atoms with Crippen LogP contribution in [0.15, 0.2) is 91.0 Å². The molecule has 1 aliphatic heterocycles. The Morgan fingerprint density at radius 3 is 1.81 bits per heavy atom. The van der Waals surface area contributed by atoms with Crippen molar-refractivity contribution in [1.29, 1.82) is 0 Å². The van der Waals surface area contributed by atoms with E-state index in [1.807, 2.05) is 66.7 Å². The minimum Gasteiger partial charge on any atom is -0.374 e. The van der Waals surface area contributed by atoms with Crippen molar-refractivity contribution in [3.05, 3.63) is 108 Å². The van der Waals surface area contributed by atoms with E-state index < -0.39 is 36.4 Å². The van der Waals surface area contributed by atoms with Crippen molar-refractivity contribution < 1.29 is 32.5 Å². The Morgan fingerprint density at radius 1 is 0.811 bits per heavy atom. The predicted molar refractivity (Wildman–Crippen MR) is 134 cm³/mol. The summed E-state index contributed by atoms with van der Waals surface area (Å²) < 4.78 is 54.9. The van der Waals surface area contributed by atoms with Crippen LogP contribution in [0.5, 0.6) is 0 Å². The average Bonchev–Trinajstić information content (AvgIpc) is 2.90. The van der Waals surface area contributed by atoms with Crippen molar-refractivity contribution in [2.45, 2.75) is 57.2 Å². The van der Waals surface area contributed by atoms with E-state index in [0.29, 0.717) is 0 Å². The zero-order chi connectivity index (χ0) is 26.1. The number of amides is 1. The number of carbonyl (C=O) groups excluding carboxylic acids is 1. The van der Waals surface area contributed by atoms with Gasteiger partial charge in [-0.05, 0) is 16.7 Å². The van der Waals surface area contributed by atoms with E-state index in [-0.39, 0.29) is 26.4 Å². The number of ether oxygens (including phenoxy) is 4. The number of alkyl halides is 2. The van der Waals surface area contributed by atoms with E-state index in [1.54, 1.807) is 24.3 Å². The standard InChI is InChI=1S/C29H31F2NO5/c1-21(33)32-26-27(35-18-23-13-7-3-8-14-23)29(30,31)25(20-34-17-22-11-5-2-6-12-22)37-28(26)36-19-24-15-9-4-10-16-24/h2-16,25-28H,17-20H2,1H3,(H,32,33)/t25-,26-,27-,28+/m1/s1. The van der Waals surface area contributed by atoms with Gasteiger partial charge in [-0.25, -0.2) is 8.78 Å². The Hall–Kier alpha value is -3.17. The molecular weight excluding hydrogens is 480 g/mol. The lowest BCUT2D eigenvalue weighted by atomic mass is 9.95. The molecule has 1 saturated heterocycles. The first kappa shape index (κ1) is 26.9. The Morgan fingerprint density at radius 2 is 1.30 bits per heavy atom. The lowest BCUT2D eigenvalue weighted by Crippen LogP contribution is -2.68. The second kappa shape index (κ2) is 12.9. The lowest BCUT2D eigenvalue weighted by Gasteiger charge is -2.46. The van der Waals surface area contributed by atoms with E-state index in [1.165, 1.54) is 6.92 Å². The van der Waals surface area contributed by atoms with E-state index in [0.717, 1.165) is 16.7 Å². The molecule has 8 heteroatoms. The predicted octanol–water partition coefficient (Wildman–Crippen LogP) is 4.87. The highest BCUT2D eigenvalue weighted by atomic mass is 19.3. The maximum atomic E-state index is 15.9. The summed E-state index contributed by atoms with van der Waals surface area (Å²) in [4.78, 5) is 12.0. The van der Waals surface area contributed by atoms with E-state index in [2.05, 4.69) is 5.32 Å². The van der Waals surface area contributed by atoms with Gasteiger partial charge in [0.05, 0.1) is 26.4 Å². The van der Waals surface area contributed by atoms with Crippen molar-refractivity contribution in [3.8, 4) is 0 Å². The van der Waals surface area contributed by atoms with Gasteiger partial charge < -0.3 is 24.3 Å². The molecule has 0 bridgehead atoms. The maximum absolute atomic E-state index is 15.9. The molecule has 0 spiro atoms. The van der Waals surface area contributed by atoms with Crippen LogP contribution in [0.1, 0.15) is 23.6 Å². The summed E-state index contributed by atoms with van der Waals surface area (Å²) in [6.45, 7) is 1.06. The van der Waals surface area contributed by atoms with Crippen LogP contribution >= 0.6 is 0 Å². The lowest BCUT2D eigenvalue weighted by molar-refractivity contribution is -0.331. The van der Waals surface area contributed by atoms with Crippen LogP contribution in [-0.4, -0.2) is 43.0 Å². The molecule has 4 rings (SSSR count). The summed E-state index contributed by atoms with van der Waals surface area (Å²) in [6.07, 6.45) is -4.55. The summed E-state index contributed by atoms with van der Waals surface area (Å²) in [6, 6.07) is 26.3. The van der Waals surface area contributed by atoms with Gasteiger partial charge in [-0.2, -0.15) is 0 Å². The quantitative estimate of drug-likeness (QED) is 0.398. The van der Waals surface area contributed by atoms with Gasteiger partial charge in [-0.1, -0.05) is 91.0 Å². The third-order valence-corrected chi connectivity index (χ3v) is 6.01. The molecule has 0 aromatic heterocycles. The van der Waals surface area contributed by atoms with Crippen LogP contribution in [0.2, 0.25) is 0 Å². The highest BCUT2D eigenvalue weighted by Gasteiger charge is 2.60. The Bertz CT molecular complexity index is 1100. The third-order valence-electron chi connectivity index (χ3n) is 6.01. The largest absolute Gasteiger partial charge is 0.374 e. The van der Waals surface area contributed by atoms with Gasteiger partial charge in [0.25, 0.3) is 0 Å². The van der Waals surface area contributed by atoms with Crippen LogP contribution in [0, 0.1) is 0 Å². The van der Waals surface area contributed by atoms with Gasteiger partial charge in [0.2, 0.25) is 5.91 Å². The molecule has 196 valence electrons. The average molecular weight is 512 g/mol.